The summed E-state index contributed by atoms with van der Waals surface area (Å²) in [6.45, 7) is 3.31. The molecule has 0 aliphatic carbocycles. The second-order valence-corrected chi connectivity index (χ2v) is 11.9. The van der Waals surface area contributed by atoms with E-state index < -0.39 is 41.3 Å². The molecule has 234 valence electrons. The van der Waals surface area contributed by atoms with Crippen LogP contribution in [0.4, 0.5) is 0 Å². The van der Waals surface area contributed by atoms with Crippen LogP contribution in [0.3, 0.4) is 0 Å². The number of pyridine rings is 1. The summed E-state index contributed by atoms with van der Waals surface area (Å²) in [5, 5.41) is 10.7. The molecule has 3 N–H and O–H groups in total. The zero-order valence-corrected chi connectivity index (χ0v) is 25.8. The van der Waals surface area contributed by atoms with E-state index in [0.29, 0.717) is 11.4 Å². The molecule has 2 atom stereocenters. The summed E-state index contributed by atoms with van der Waals surface area (Å²) in [6.07, 6.45) is 3.06. The third-order valence-corrected chi connectivity index (χ3v) is 8.21. The molecule has 0 fully saturated rings. The largest absolute Gasteiger partial charge is 0.446 e. The Labute approximate surface area is 262 Å². The van der Waals surface area contributed by atoms with Gasteiger partial charge in [-0.15, -0.1) is 11.3 Å². The van der Waals surface area contributed by atoms with E-state index in [1.165, 1.54) is 46.4 Å². The lowest BCUT2D eigenvalue weighted by Crippen LogP contribution is -2.47. The van der Waals surface area contributed by atoms with E-state index in [4.69, 9.17) is 4.42 Å². The van der Waals surface area contributed by atoms with E-state index in [9.17, 15) is 24.0 Å². The maximum absolute atomic E-state index is 13.5. The maximum atomic E-state index is 13.5. The first-order valence-electron chi connectivity index (χ1n) is 14.4. The summed E-state index contributed by atoms with van der Waals surface area (Å²) in [5.74, 6) is -2.17. The molecule has 1 aromatic carbocycles. The number of nitrogens with zero attached hydrogens (tertiary/aromatic N) is 4. The van der Waals surface area contributed by atoms with Gasteiger partial charge in [0, 0.05) is 38.1 Å². The number of carbonyl (C=O) groups is 4. The average Bonchev–Trinajstić information content (AvgIpc) is 3.71. The number of amides is 4. The first kappa shape index (κ1) is 31.3. The molecule has 4 heterocycles. The summed E-state index contributed by atoms with van der Waals surface area (Å²) in [7, 11) is 1.53. The molecule has 3 aromatic heterocycles. The fraction of sp³-hybridized carbons (Fsp3) is 0.323. The van der Waals surface area contributed by atoms with Gasteiger partial charge < -0.3 is 29.8 Å². The van der Waals surface area contributed by atoms with E-state index in [-0.39, 0.29) is 48.4 Å². The van der Waals surface area contributed by atoms with Crippen molar-refractivity contribution in [2.24, 2.45) is 13.0 Å². The molecule has 4 bridgehead atoms. The lowest BCUT2D eigenvalue weighted by atomic mass is 10.0. The van der Waals surface area contributed by atoms with E-state index in [0.717, 1.165) is 5.56 Å². The van der Waals surface area contributed by atoms with Crippen molar-refractivity contribution < 1.29 is 23.6 Å². The fourth-order valence-corrected chi connectivity index (χ4v) is 5.87. The summed E-state index contributed by atoms with van der Waals surface area (Å²) < 4.78 is 6.94. The molecule has 0 spiro atoms. The van der Waals surface area contributed by atoms with Crippen LogP contribution in [0.2, 0.25) is 0 Å². The Morgan fingerprint density at radius 1 is 1.02 bits per heavy atom. The molecule has 0 saturated heterocycles. The van der Waals surface area contributed by atoms with Gasteiger partial charge in [-0.1, -0.05) is 44.2 Å². The number of rotatable bonds is 4. The average molecular weight is 632 g/mol. The first-order valence-corrected chi connectivity index (χ1v) is 15.3. The highest BCUT2D eigenvalue weighted by molar-refractivity contribution is 7.09. The Kier molecular flexibility index (Phi) is 9.52. The van der Waals surface area contributed by atoms with Crippen molar-refractivity contribution in [1.82, 2.24) is 35.4 Å². The van der Waals surface area contributed by atoms with Crippen molar-refractivity contribution in [3.63, 3.8) is 0 Å². The second kappa shape index (κ2) is 13.7. The number of hydrogen-bond donors (Lipinski definition) is 3. The van der Waals surface area contributed by atoms with Crippen LogP contribution in [0.25, 0.3) is 0 Å². The molecule has 5 rings (SSSR count). The van der Waals surface area contributed by atoms with Gasteiger partial charge in [0.25, 0.3) is 23.3 Å². The number of nitrogens with one attached hydrogen (secondary N) is 3. The SMILES string of the molecule is CC(C)[C@@H]1NC(=O)CN(C(=O)c2cccn(C)c2=O)CCNC(=O)c2coc(n2)[C@H](Cc2ccccc2)NC(=O)c2csc1n2. The van der Waals surface area contributed by atoms with Gasteiger partial charge >= 0.3 is 0 Å². The smallest absolute Gasteiger partial charge is 0.273 e. The zero-order valence-electron chi connectivity index (χ0n) is 25.0. The molecule has 13 nitrogen and oxygen atoms in total. The van der Waals surface area contributed by atoms with Crippen LogP contribution in [0, 0.1) is 5.92 Å². The molecule has 0 unspecified atom stereocenters. The van der Waals surface area contributed by atoms with Crippen molar-refractivity contribution in [2.75, 3.05) is 19.6 Å². The lowest BCUT2D eigenvalue weighted by Gasteiger charge is -2.25. The Morgan fingerprint density at radius 3 is 2.56 bits per heavy atom. The van der Waals surface area contributed by atoms with Crippen LogP contribution >= 0.6 is 11.3 Å². The monoisotopic (exact) mass is 631 g/mol. The Balaban J connectivity index is 1.48. The quantitative estimate of drug-likeness (QED) is 0.308. The molecule has 4 aromatic rings. The topological polar surface area (TPSA) is 169 Å². The van der Waals surface area contributed by atoms with Gasteiger partial charge in [0.1, 0.15) is 28.6 Å². The van der Waals surface area contributed by atoms with Crippen LogP contribution in [0.5, 0.6) is 0 Å². The normalized spacial score (nSPS) is 18.0. The number of carbonyl (C=O) groups excluding carboxylic acids is 4. The number of thiazole rings is 1. The zero-order chi connectivity index (χ0) is 32.1. The molecule has 1 aliphatic rings. The van der Waals surface area contributed by atoms with E-state index in [2.05, 4.69) is 25.9 Å². The first-order chi connectivity index (χ1) is 21.6. The van der Waals surface area contributed by atoms with Gasteiger partial charge in [0.05, 0.1) is 12.6 Å². The number of aromatic nitrogens is 3. The lowest BCUT2D eigenvalue weighted by molar-refractivity contribution is -0.122. The van der Waals surface area contributed by atoms with Crippen molar-refractivity contribution >= 4 is 35.0 Å². The summed E-state index contributed by atoms with van der Waals surface area (Å²) in [5.41, 5.74) is 0.411. The van der Waals surface area contributed by atoms with Crippen LogP contribution in [0.15, 0.2) is 69.5 Å². The minimum atomic E-state index is -0.715. The summed E-state index contributed by atoms with van der Waals surface area (Å²) >= 11 is 1.23. The van der Waals surface area contributed by atoms with Gasteiger partial charge in [0.2, 0.25) is 11.8 Å². The number of hydrogen-bond acceptors (Lipinski definition) is 9. The summed E-state index contributed by atoms with van der Waals surface area (Å²) in [4.78, 5) is 76.0. The molecule has 0 radical (unpaired) electrons. The highest BCUT2D eigenvalue weighted by Crippen LogP contribution is 2.26. The predicted molar refractivity (Wildman–Crippen MR) is 165 cm³/mol. The third kappa shape index (κ3) is 7.34. The third-order valence-electron chi connectivity index (χ3n) is 7.29. The minimum Gasteiger partial charge on any atom is -0.446 e. The molecule has 4 amide bonds. The van der Waals surface area contributed by atoms with Crippen LogP contribution in [0.1, 0.15) is 73.7 Å². The molecule has 45 heavy (non-hydrogen) atoms. The number of benzene rings is 1. The van der Waals surface area contributed by atoms with Crippen LogP contribution in [-0.4, -0.2) is 62.7 Å². The molecular weight excluding hydrogens is 598 g/mol. The molecular formula is C31H33N7O6S. The Bertz CT molecular complexity index is 1760. The highest BCUT2D eigenvalue weighted by Gasteiger charge is 2.29. The van der Waals surface area contributed by atoms with Gasteiger partial charge in [-0.2, -0.15) is 0 Å². The Hall–Kier alpha value is -5.11. The van der Waals surface area contributed by atoms with E-state index >= 15 is 0 Å². The fourth-order valence-electron chi connectivity index (χ4n) is 4.85. The van der Waals surface area contributed by atoms with Gasteiger partial charge in [-0.05, 0) is 23.6 Å². The predicted octanol–water partition coefficient (Wildman–Crippen LogP) is 2.24. The number of aryl methyl sites for hydroxylation is 1. The molecule has 0 saturated carbocycles. The van der Waals surface area contributed by atoms with Crippen molar-refractivity contribution in [2.45, 2.75) is 32.4 Å². The highest BCUT2D eigenvalue weighted by atomic mass is 32.1. The van der Waals surface area contributed by atoms with Crippen LogP contribution < -0.4 is 21.5 Å². The molecule has 14 heteroatoms. The minimum absolute atomic E-state index is 0.0262. The molecule has 1 aliphatic heterocycles. The van der Waals surface area contributed by atoms with Crippen molar-refractivity contribution in [3.05, 3.63) is 104 Å². The van der Waals surface area contributed by atoms with Gasteiger partial charge in [-0.25, -0.2) is 9.97 Å². The van der Waals surface area contributed by atoms with Crippen molar-refractivity contribution in [3.8, 4) is 0 Å². The standard InChI is InChI=1S/C31H33N7O6S/c1-18(2)25-29-35-23(17-45-29)27(41)33-21(14-19-8-5-4-6-9-19)28-34-22(16-44-28)26(40)32-11-13-38(15-24(39)36-25)31(43)20-10-7-12-37(3)30(20)42/h4-10,12,16-18,21,25H,11,13-15H2,1-3H3,(H,32,40)(H,33,41)(H,36,39)/t21-,25-/m0/s1. The van der Waals surface area contributed by atoms with Gasteiger partial charge in [-0.3, -0.25) is 24.0 Å². The summed E-state index contributed by atoms with van der Waals surface area (Å²) in [6, 6.07) is 11.1. The van der Waals surface area contributed by atoms with Gasteiger partial charge in [0.15, 0.2) is 5.69 Å². The number of oxazole rings is 1. The number of fused-ring (bicyclic) bond motifs is 4. The van der Waals surface area contributed by atoms with Crippen molar-refractivity contribution in [1.29, 1.82) is 0 Å². The van der Waals surface area contributed by atoms with E-state index in [1.54, 1.807) is 11.4 Å². The van der Waals surface area contributed by atoms with Crippen LogP contribution in [-0.2, 0) is 18.3 Å². The van der Waals surface area contributed by atoms with E-state index in [1.807, 2.05) is 44.2 Å². The Morgan fingerprint density at radius 2 is 1.80 bits per heavy atom. The maximum Gasteiger partial charge on any atom is 0.273 e. The second-order valence-electron chi connectivity index (χ2n) is 11.0.